The van der Waals surface area contributed by atoms with Gasteiger partial charge in [0.25, 0.3) is 0 Å². The van der Waals surface area contributed by atoms with Gasteiger partial charge in [-0.2, -0.15) is 0 Å². The van der Waals surface area contributed by atoms with Crippen LogP contribution in [-0.4, -0.2) is 20.2 Å². The van der Waals surface area contributed by atoms with Crippen molar-refractivity contribution in [2.24, 2.45) is 5.41 Å². The fourth-order valence-electron chi connectivity index (χ4n) is 5.17. The molecule has 0 spiro atoms. The molecule has 0 aliphatic heterocycles. The van der Waals surface area contributed by atoms with E-state index in [-0.39, 0.29) is 11.5 Å². The molecule has 3 aromatic carbocycles. The summed E-state index contributed by atoms with van der Waals surface area (Å²) in [6.07, 6.45) is 8.19. The number of hydrogen-bond acceptors (Lipinski definition) is 5. The van der Waals surface area contributed by atoms with Gasteiger partial charge in [-0.25, -0.2) is 4.68 Å². The van der Waals surface area contributed by atoms with Gasteiger partial charge < -0.3 is 10.1 Å². The van der Waals surface area contributed by atoms with Crippen molar-refractivity contribution in [2.45, 2.75) is 58.0 Å². The van der Waals surface area contributed by atoms with E-state index >= 15 is 0 Å². The van der Waals surface area contributed by atoms with Crippen molar-refractivity contribution in [1.29, 1.82) is 0 Å². The van der Waals surface area contributed by atoms with Crippen molar-refractivity contribution < 1.29 is 4.74 Å². The largest absolute Gasteiger partial charge is 0.457 e. The van der Waals surface area contributed by atoms with Crippen molar-refractivity contribution >= 4 is 46.6 Å². The summed E-state index contributed by atoms with van der Waals surface area (Å²) in [6, 6.07) is 20.7. The van der Waals surface area contributed by atoms with Gasteiger partial charge in [-0.1, -0.05) is 86.6 Å². The van der Waals surface area contributed by atoms with Gasteiger partial charge in [0.15, 0.2) is 5.82 Å². The minimum absolute atomic E-state index is 0.112. The Kier molecular flexibility index (Phi) is 8.41. The Labute approximate surface area is 250 Å². The molecule has 1 aliphatic rings. The van der Waals surface area contributed by atoms with Crippen LogP contribution in [0.25, 0.3) is 6.08 Å². The Bertz CT molecular complexity index is 1470. The lowest BCUT2D eigenvalue weighted by molar-refractivity contribution is 0.254. The lowest BCUT2D eigenvalue weighted by atomic mass is 9.85. The number of aromatic nitrogens is 4. The predicted octanol–water partition coefficient (Wildman–Crippen LogP) is 9.61. The third-order valence-corrected chi connectivity index (χ3v) is 8.05. The maximum absolute atomic E-state index is 6.46. The molecule has 0 radical (unpaired) electrons. The number of rotatable bonds is 8. The summed E-state index contributed by atoms with van der Waals surface area (Å²) in [5.41, 5.74) is 1.32. The average Bonchev–Trinajstić information content (AvgIpc) is 3.58. The normalized spacial score (nSPS) is 15.8. The van der Waals surface area contributed by atoms with E-state index in [9.17, 15) is 0 Å². The van der Waals surface area contributed by atoms with Gasteiger partial charge in [0.1, 0.15) is 11.5 Å². The van der Waals surface area contributed by atoms with Crippen LogP contribution in [0, 0.1) is 5.41 Å². The van der Waals surface area contributed by atoms with E-state index in [1.807, 2.05) is 71.4 Å². The maximum atomic E-state index is 6.46. The van der Waals surface area contributed by atoms with Crippen LogP contribution in [0.4, 0.5) is 5.69 Å². The summed E-state index contributed by atoms with van der Waals surface area (Å²) < 4.78 is 7.94. The van der Waals surface area contributed by atoms with Crippen molar-refractivity contribution in [3.8, 4) is 11.5 Å². The van der Waals surface area contributed by atoms with Crippen molar-refractivity contribution in [1.82, 2.24) is 20.2 Å². The molecule has 9 heteroatoms. The summed E-state index contributed by atoms with van der Waals surface area (Å²) >= 11 is 18.5. The monoisotopic (exact) mass is 595 g/mol. The number of anilines is 1. The highest BCUT2D eigenvalue weighted by atomic mass is 35.5. The fraction of sp³-hybridized carbons (Fsp3) is 0.323. The summed E-state index contributed by atoms with van der Waals surface area (Å²) in [5.74, 6) is 2.31. The number of hydrogen-bond donors (Lipinski definition) is 1. The Morgan fingerprint density at radius 3 is 2.15 bits per heavy atom. The van der Waals surface area contributed by atoms with E-state index < -0.39 is 5.54 Å². The first kappa shape index (κ1) is 28.5. The van der Waals surface area contributed by atoms with Gasteiger partial charge in [-0.05, 0) is 94.9 Å². The molecule has 0 bridgehead atoms. The van der Waals surface area contributed by atoms with Gasteiger partial charge in [0.05, 0.1) is 11.6 Å². The van der Waals surface area contributed by atoms with E-state index in [0.717, 1.165) is 54.3 Å². The number of allylic oxidation sites excluding steroid dienone is 1. The second kappa shape index (κ2) is 11.8. The quantitative estimate of drug-likeness (QED) is 0.219. The minimum atomic E-state index is -0.392. The maximum Gasteiger partial charge on any atom is 0.177 e. The van der Waals surface area contributed by atoms with Crippen LogP contribution in [0.1, 0.15) is 63.9 Å². The van der Waals surface area contributed by atoms with Crippen LogP contribution in [0.5, 0.6) is 11.5 Å². The number of tetrazole rings is 1. The number of ether oxygens (including phenoxy) is 1. The smallest absolute Gasteiger partial charge is 0.177 e. The molecule has 0 unspecified atom stereocenters. The van der Waals surface area contributed by atoms with Gasteiger partial charge in [0.2, 0.25) is 0 Å². The van der Waals surface area contributed by atoms with E-state index in [2.05, 4.69) is 47.7 Å². The molecule has 5 rings (SSSR count). The SMILES string of the molecule is CC(C)(C)[C@H](/C=C/c1ccc(Cl)cc1Cl)n1nnnc1C1(Nc2ccc(Oc3ccc(Cl)cc3)cc2)CCCC1. The summed E-state index contributed by atoms with van der Waals surface area (Å²) in [7, 11) is 0. The molecule has 40 heavy (non-hydrogen) atoms. The molecule has 208 valence electrons. The van der Waals surface area contributed by atoms with Crippen LogP contribution in [0.2, 0.25) is 15.1 Å². The predicted molar refractivity (Wildman–Crippen MR) is 164 cm³/mol. The zero-order chi connectivity index (χ0) is 28.3. The Morgan fingerprint density at radius 1 is 0.900 bits per heavy atom. The van der Waals surface area contributed by atoms with Crippen LogP contribution >= 0.6 is 34.8 Å². The zero-order valence-corrected chi connectivity index (χ0v) is 25.0. The molecule has 0 amide bonds. The number of nitrogens with one attached hydrogen (secondary N) is 1. The second-order valence-electron chi connectivity index (χ2n) is 11.3. The van der Waals surface area contributed by atoms with Crippen LogP contribution in [-0.2, 0) is 5.54 Å². The third-order valence-electron chi connectivity index (χ3n) is 7.24. The molecule has 1 saturated carbocycles. The standard InChI is InChI=1S/C31H32Cl3N5O/c1-30(2,3)28(17-7-21-6-8-23(33)20-27(21)34)39-29(36-37-38-39)31(18-4-5-19-31)35-24-11-15-26(16-12-24)40-25-13-9-22(32)10-14-25/h6-17,20,28,35H,4-5,18-19H2,1-3H3/b17-7+/t28-/m0/s1. The van der Waals surface area contributed by atoms with Crippen molar-refractivity contribution in [3.63, 3.8) is 0 Å². The molecule has 1 aromatic heterocycles. The highest BCUT2D eigenvalue weighted by Gasteiger charge is 2.42. The first-order valence-electron chi connectivity index (χ1n) is 13.4. The lowest BCUT2D eigenvalue weighted by Crippen LogP contribution is -2.38. The molecule has 1 N–H and O–H groups in total. The van der Waals surface area contributed by atoms with E-state index in [0.29, 0.717) is 15.1 Å². The molecule has 1 atom stereocenters. The number of benzene rings is 3. The van der Waals surface area contributed by atoms with Crippen molar-refractivity contribution in [3.05, 3.63) is 99.3 Å². The van der Waals surface area contributed by atoms with E-state index in [4.69, 9.17) is 39.5 Å². The number of halogens is 3. The van der Waals surface area contributed by atoms with E-state index in [1.165, 1.54) is 0 Å². The fourth-order valence-corrected chi connectivity index (χ4v) is 5.77. The van der Waals surface area contributed by atoms with E-state index in [1.54, 1.807) is 6.07 Å². The first-order valence-corrected chi connectivity index (χ1v) is 14.5. The molecule has 1 fully saturated rings. The highest BCUT2D eigenvalue weighted by Crippen LogP contribution is 2.43. The molecule has 4 aromatic rings. The number of nitrogens with zero attached hydrogens (tertiary/aromatic N) is 4. The molecule has 6 nitrogen and oxygen atoms in total. The second-order valence-corrected chi connectivity index (χ2v) is 12.6. The summed E-state index contributed by atoms with van der Waals surface area (Å²) in [6.45, 7) is 6.56. The summed E-state index contributed by atoms with van der Waals surface area (Å²) in [4.78, 5) is 0. The minimum Gasteiger partial charge on any atom is -0.457 e. The molecule has 1 heterocycles. The Balaban J connectivity index is 1.42. The van der Waals surface area contributed by atoms with Crippen LogP contribution in [0.15, 0.2) is 72.8 Å². The summed E-state index contributed by atoms with van der Waals surface area (Å²) in [5, 5.41) is 18.9. The van der Waals surface area contributed by atoms with Crippen LogP contribution in [0.3, 0.4) is 0 Å². The lowest BCUT2D eigenvalue weighted by Gasteiger charge is -2.35. The van der Waals surface area contributed by atoms with Crippen LogP contribution < -0.4 is 10.1 Å². The Hall–Kier alpha value is -3.06. The highest BCUT2D eigenvalue weighted by molar-refractivity contribution is 6.35. The van der Waals surface area contributed by atoms with Gasteiger partial charge in [-0.3, -0.25) is 0 Å². The molecular formula is C31H32Cl3N5O. The third kappa shape index (κ3) is 6.46. The molecular weight excluding hydrogens is 565 g/mol. The topological polar surface area (TPSA) is 64.9 Å². The molecule has 1 aliphatic carbocycles. The first-order chi connectivity index (χ1) is 19.1. The zero-order valence-electron chi connectivity index (χ0n) is 22.7. The van der Waals surface area contributed by atoms with Crippen molar-refractivity contribution in [2.75, 3.05) is 5.32 Å². The Morgan fingerprint density at radius 2 is 1.52 bits per heavy atom. The van der Waals surface area contributed by atoms with Gasteiger partial charge in [0, 0.05) is 20.8 Å². The average molecular weight is 597 g/mol. The van der Waals surface area contributed by atoms with Gasteiger partial charge >= 0.3 is 0 Å². The van der Waals surface area contributed by atoms with Gasteiger partial charge in [-0.15, -0.1) is 5.10 Å². The molecule has 0 saturated heterocycles.